The fraction of sp³-hybridized carbons (Fsp3) is 0.800. The first-order chi connectivity index (χ1) is 12.4. The Labute approximate surface area is 172 Å². The molecule has 3 rings (SSSR count). The van der Waals surface area contributed by atoms with Crippen LogP contribution in [0.3, 0.4) is 0 Å². The molecule has 0 aromatic carbocycles. The average Bonchev–Trinajstić information content (AvgIpc) is 3.29. The summed E-state index contributed by atoms with van der Waals surface area (Å²) in [5.74, 6) is 2.74. The van der Waals surface area contributed by atoms with Crippen molar-refractivity contribution in [2.24, 2.45) is 28.6 Å². The highest BCUT2D eigenvalue weighted by molar-refractivity contribution is 6.31. The van der Waals surface area contributed by atoms with E-state index >= 15 is 0 Å². The second-order valence-electron chi connectivity index (χ2n) is 11.9. The average molecular weight is 390 g/mol. The molecule has 27 heavy (non-hydrogen) atoms. The molecule has 0 N–H and O–H groups in total. The second-order valence-corrected chi connectivity index (χ2v) is 12.3. The van der Waals surface area contributed by atoms with E-state index < -0.39 is 0 Å². The van der Waals surface area contributed by atoms with Crippen LogP contribution in [0.15, 0.2) is 12.1 Å². The van der Waals surface area contributed by atoms with Gasteiger partial charge in [-0.2, -0.15) is 0 Å². The molecule has 1 heterocycles. The van der Waals surface area contributed by atoms with E-state index in [2.05, 4.69) is 60.6 Å². The smallest absolute Gasteiger partial charge is 0.0646 e. The van der Waals surface area contributed by atoms with Gasteiger partial charge in [0, 0.05) is 11.1 Å². The molecule has 1 aromatic heterocycles. The standard InChI is InChI=1S/C25H40ClN/c1-23(2,3)22-21(26)13-12-20(27-22)16-25(6,7)19-9-8-17(14-19)15-24(4,5)18-10-11-18/h12-13,17-19H,8-11,14-16H2,1-7H3. The summed E-state index contributed by atoms with van der Waals surface area (Å²) < 4.78 is 0. The first kappa shape index (κ1) is 21.2. The maximum absolute atomic E-state index is 6.43. The zero-order valence-electron chi connectivity index (χ0n) is 18.7. The molecule has 2 fully saturated rings. The van der Waals surface area contributed by atoms with E-state index in [1.54, 1.807) is 0 Å². The normalized spacial score (nSPS) is 24.4. The van der Waals surface area contributed by atoms with Gasteiger partial charge in [-0.3, -0.25) is 4.98 Å². The van der Waals surface area contributed by atoms with Gasteiger partial charge in [-0.15, -0.1) is 0 Å². The van der Waals surface area contributed by atoms with E-state index in [9.17, 15) is 0 Å². The number of rotatable bonds is 6. The predicted octanol–water partition coefficient (Wildman–Crippen LogP) is 7.84. The van der Waals surface area contributed by atoms with E-state index in [-0.39, 0.29) is 5.41 Å². The van der Waals surface area contributed by atoms with Crippen LogP contribution in [0.2, 0.25) is 5.02 Å². The van der Waals surface area contributed by atoms with Crippen molar-refractivity contribution in [1.29, 1.82) is 0 Å². The van der Waals surface area contributed by atoms with Gasteiger partial charge in [0.1, 0.15) is 0 Å². The Morgan fingerprint density at radius 2 is 1.52 bits per heavy atom. The van der Waals surface area contributed by atoms with Gasteiger partial charge in [0.25, 0.3) is 0 Å². The van der Waals surface area contributed by atoms with Crippen LogP contribution in [0, 0.1) is 28.6 Å². The Balaban J connectivity index is 1.65. The van der Waals surface area contributed by atoms with Crippen molar-refractivity contribution in [2.75, 3.05) is 0 Å². The van der Waals surface area contributed by atoms with Crippen molar-refractivity contribution >= 4 is 11.6 Å². The second kappa shape index (κ2) is 7.36. The molecule has 0 bridgehead atoms. The van der Waals surface area contributed by atoms with Gasteiger partial charge in [-0.05, 0) is 79.2 Å². The summed E-state index contributed by atoms with van der Waals surface area (Å²) in [4.78, 5) is 4.98. The third-order valence-electron chi connectivity index (χ3n) is 7.39. The number of hydrogen-bond donors (Lipinski definition) is 0. The minimum Gasteiger partial charge on any atom is -0.256 e. The molecule has 2 atom stereocenters. The SMILES string of the molecule is CC(C)(C)c1nc(CC(C)(C)C2CCC(CC(C)(C)C3CC3)C2)ccc1Cl. The molecule has 0 radical (unpaired) electrons. The topological polar surface area (TPSA) is 12.9 Å². The predicted molar refractivity (Wildman–Crippen MR) is 117 cm³/mol. The fourth-order valence-electron chi connectivity index (χ4n) is 5.46. The Kier molecular flexibility index (Phi) is 5.77. The van der Waals surface area contributed by atoms with Crippen molar-refractivity contribution in [3.8, 4) is 0 Å². The van der Waals surface area contributed by atoms with Crippen LogP contribution in [0.25, 0.3) is 0 Å². The van der Waals surface area contributed by atoms with Crippen molar-refractivity contribution in [3.05, 3.63) is 28.5 Å². The molecule has 0 spiro atoms. The van der Waals surface area contributed by atoms with Gasteiger partial charge >= 0.3 is 0 Å². The molecule has 2 aliphatic carbocycles. The van der Waals surface area contributed by atoms with Crippen molar-refractivity contribution in [1.82, 2.24) is 4.98 Å². The first-order valence-corrected chi connectivity index (χ1v) is 11.4. The van der Waals surface area contributed by atoms with Crippen LogP contribution in [-0.4, -0.2) is 4.98 Å². The molecule has 0 aliphatic heterocycles. The van der Waals surface area contributed by atoms with E-state index in [0.717, 1.165) is 34.9 Å². The first-order valence-electron chi connectivity index (χ1n) is 11.0. The largest absolute Gasteiger partial charge is 0.256 e. The summed E-state index contributed by atoms with van der Waals surface area (Å²) in [6.07, 6.45) is 9.63. The highest BCUT2D eigenvalue weighted by Crippen LogP contribution is 2.53. The summed E-state index contributed by atoms with van der Waals surface area (Å²) in [7, 11) is 0. The lowest BCUT2D eigenvalue weighted by atomic mass is 9.72. The monoisotopic (exact) mass is 389 g/mol. The van der Waals surface area contributed by atoms with Gasteiger partial charge < -0.3 is 0 Å². The molecule has 152 valence electrons. The molecular formula is C25H40ClN. The number of hydrogen-bond acceptors (Lipinski definition) is 1. The van der Waals surface area contributed by atoms with Crippen LogP contribution >= 0.6 is 11.6 Å². The Hall–Kier alpha value is -0.560. The Morgan fingerprint density at radius 1 is 0.889 bits per heavy atom. The van der Waals surface area contributed by atoms with Crippen molar-refractivity contribution < 1.29 is 0 Å². The lowest BCUT2D eigenvalue weighted by Gasteiger charge is -2.33. The van der Waals surface area contributed by atoms with Gasteiger partial charge in [0.05, 0.1) is 10.7 Å². The molecule has 1 nitrogen and oxygen atoms in total. The number of nitrogens with zero attached hydrogens (tertiary/aromatic N) is 1. The molecule has 2 heteroatoms. The lowest BCUT2D eigenvalue weighted by Crippen LogP contribution is -2.26. The molecule has 0 saturated heterocycles. The zero-order valence-corrected chi connectivity index (χ0v) is 19.4. The summed E-state index contributed by atoms with van der Waals surface area (Å²) in [5, 5.41) is 0.798. The third kappa shape index (κ3) is 5.08. The van der Waals surface area contributed by atoms with Gasteiger partial charge in [0.15, 0.2) is 0 Å². The van der Waals surface area contributed by atoms with Crippen LogP contribution in [0.1, 0.15) is 98.4 Å². The van der Waals surface area contributed by atoms with Crippen LogP contribution in [0.4, 0.5) is 0 Å². The van der Waals surface area contributed by atoms with Gasteiger partial charge in [-0.25, -0.2) is 0 Å². The Bertz CT molecular complexity index is 663. The quantitative estimate of drug-likeness (QED) is 0.482. The van der Waals surface area contributed by atoms with Crippen molar-refractivity contribution in [3.63, 3.8) is 0 Å². The van der Waals surface area contributed by atoms with E-state index in [0.29, 0.717) is 10.8 Å². The molecule has 2 aliphatic rings. The summed E-state index contributed by atoms with van der Waals surface area (Å²) >= 11 is 6.43. The maximum Gasteiger partial charge on any atom is 0.0646 e. The highest BCUT2D eigenvalue weighted by Gasteiger charge is 2.42. The molecule has 2 saturated carbocycles. The lowest BCUT2D eigenvalue weighted by molar-refractivity contribution is 0.187. The van der Waals surface area contributed by atoms with Crippen LogP contribution in [-0.2, 0) is 11.8 Å². The van der Waals surface area contributed by atoms with Crippen molar-refractivity contribution in [2.45, 2.75) is 98.8 Å². The molecule has 1 aromatic rings. The van der Waals surface area contributed by atoms with E-state index in [4.69, 9.17) is 16.6 Å². The summed E-state index contributed by atoms with van der Waals surface area (Å²) in [6, 6.07) is 4.19. The van der Waals surface area contributed by atoms with Gasteiger partial charge in [0.2, 0.25) is 0 Å². The zero-order chi connectivity index (χ0) is 20.0. The summed E-state index contributed by atoms with van der Waals surface area (Å²) in [5.41, 5.74) is 3.09. The highest BCUT2D eigenvalue weighted by atomic mass is 35.5. The fourth-order valence-corrected chi connectivity index (χ4v) is 5.85. The maximum atomic E-state index is 6.43. The number of halogens is 1. The van der Waals surface area contributed by atoms with Crippen LogP contribution in [0.5, 0.6) is 0 Å². The third-order valence-corrected chi connectivity index (χ3v) is 7.70. The number of aromatic nitrogens is 1. The molecule has 0 amide bonds. The number of pyridine rings is 1. The molecule has 2 unspecified atom stereocenters. The van der Waals surface area contributed by atoms with E-state index in [1.165, 1.54) is 44.2 Å². The molecular weight excluding hydrogens is 350 g/mol. The van der Waals surface area contributed by atoms with E-state index in [1.807, 2.05) is 0 Å². The van der Waals surface area contributed by atoms with Gasteiger partial charge in [-0.1, -0.05) is 66.5 Å². The Morgan fingerprint density at radius 3 is 2.11 bits per heavy atom. The van der Waals surface area contributed by atoms with Crippen LogP contribution < -0.4 is 0 Å². The minimum atomic E-state index is -0.00984. The summed E-state index contributed by atoms with van der Waals surface area (Å²) in [6.45, 7) is 16.5. The minimum absolute atomic E-state index is 0.00984.